The number of nitrogens with one attached hydrogen (secondary N) is 1. The molecule has 43 heavy (non-hydrogen) atoms. The highest BCUT2D eigenvalue weighted by Crippen LogP contribution is 2.38. The number of thioether (sulfide) groups is 1. The molecule has 0 unspecified atom stereocenters. The number of nitro benzene ring substituents is 2. The number of amides is 3. The minimum absolute atomic E-state index is 0.0235. The molecule has 1 heterocycles. The molecule has 3 aromatic carbocycles. The van der Waals surface area contributed by atoms with Crippen molar-refractivity contribution in [1.29, 1.82) is 0 Å². The first-order chi connectivity index (χ1) is 20.5. The van der Waals surface area contributed by atoms with Gasteiger partial charge in [0.25, 0.3) is 16.8 Å². The summed E-state index contributed by atoms with van der Waals surface area (Å²) in [5.41, 5.74) is -0.676. The average Bonchev–Trinajstić information content (AvgIpc) is 3.22. The van der Waals surface area contributed by atoms with Crippen LogP contribution in [0.3, 0.4) is 0 Å². The summed E-state index contributed by atoms with van der Waals surface area (Å²) in [4.78, 5) is 72.0. The molecule has 1 aliphatic rings. The van der Waals surface area contributed by atoms with Gasteiger partial charge in [-0.2, -0.15) is 0 Å². The molecule has 1 N–H and O–H groups in total. The molecule has 1 saturated heterocycles. The second-order valence-electron chi connectivity index (χ2n) is 8.54. The van der Waals surface area contributed by atoms with E-state index in [1.54, 1.807) is 19.1 Å². The standard InChI is InChI=1S/C27H19ClN4O10S/c1-2-41-26(35)18-12-16(7-9-19(18)28)29-24(33)14-30-25(34)23(43-27(30)36)11-15-5-3-4-6-21(15)42-22-10-8-17(31(37)38)13-20(22)32(39)40/h3-13H,2,14H2,1H3,(H,29,33)/b23-11+. The van der Waals surface area contributed by atoms with Crippen molar-refractivity contribution in [1.82, 2.24) is 4.90 Å². The van der Waals surface area contributed by atoms with Crippen LogP contribution in [0.15, 0.2) is 65.6 Å². The van der Waals surface area contributed by atoms with Gasteiger partial charge in [0, 0.05) is 17.3 Å². The zero-order valence-corrected chi connectivity index (χ0v) is 23.5. The molecule has 16 heteroatoms. The van der Waals surface area contributed by atoms with Gasteiger partial charge in [0.2, 0.25) is 11.7 Å². The fourth-order valence-corrected chi connectivity index (χ4v) is 4.77. The summed E-state index contributed by atoms with van der Waals surface area (Å²) in [5.74, 6) is -2.41. The van der Waals surface area contributed by atoms with Crippen molar-refractivity contribution >= 4 is 69.5 Å². The maximum absolute atomic E-state index is 13.0. The highest BCUT2D eigenvalue weighted by atomic mass is 35.5. The van der Waals surface area contributed by atoms with Crippen molar-refractivity contribution in [3.63, 3.8) is 0 Å². The molecule has 3 amide bonds. The summed E-state index contributed by atoms with van der Waals surface area (Å²) in [5, 5.41) is 24.4. The van der Waals surface area contributed by atoms with Gasteiger partial charge in [-0.15, -0.1) is 0 Å². The topological polar surface area (TPSA) is 188 Å². The molecule has 14 nitrogen and oxygen atoms in total. The van der Waals surface area contributed by atoms with E-state index >= 15 is 0 Å². The molecule has 3 aromatic rings. The van der Waals surface area contributed by atoms with E-state index in [4.69, 9.17) is 21.1 Å². The highest BCUT2D eigenvalue weighted by Gasteiger charge is 2.36. The zero-order chi connectivity index (χ0) is 31.3. The molecule has 0 saturated carbocycles. The Kier molecular flexibility index (Phi) is 9.37. The van der Waals surface area contributed by atoms with Gasteiger partial charge in [0.15, 0.2) is 0 Å². The van der Waals surface area contributed by atoms with Gasteiger partial charge < -0.3 is 14.8 Å². The minimum atomic E-state index is -0.830. The Hall–Kier alpha value is -5.28. The Bertz CT molecular complexity index is 1710. The lowest BCUT2D eigenvalue weighted by atomic mass is 10.1. The third kappa shape index (κ3) is 7.14. The Morgan fingerprint density at radius 3 is 2.47 bits per heavy atom. The van der Waals surface area contributed by atoms with Gasteiger partial charge in [-0.05, 0) is 55.1 Å². The monoisotopic (exact) mass is 626 g/mol. The molecular weight excluding hydrogens is 608 g/mol. The van der Waals surface area contributed by atoms with Crippen molar-refractivity contribution in [2.45, 2.75) is 6.92 Å². The molecule has 0 spiro atoms. The van der Waals surface area contributed by atoms with Crippen LogP contribution in [0, 0.1) is 20.2 Å². The number of para-hydroxylation sites is 1. The number of imide groups is 1. The van der Waals surface area contributed by atoms with Crippen molar-refractivity contribution < 1.29 is 38.5 Å². The van der Waals surface area contributed by atoms with Crippen LogP contribution in [0.1, 0.15) is 22.8 Å². The lowest BCUT2D eigenvalue weighted by Crippen LogP contribution is -2.36. The SMILES string of the molecule is CCOC(=O)c1cc(NC(=O)CN2C(=O)S/C(=C/c3ccccc3Oc3ccc([N+](=O)[O-])cc3[N+](=O)[O-])C2=O)ccc1Cl. The number of hydrogen-bond acceptors (Lipinski definition) is 11. The first-order valence-electron chi connectivity index (χ1n) is 12.2. The van der Waals surface area contributed by atoms with Gasteiger partial charge >= 0.3 is 11.7 Å². The van der Waals surface area contributed by atoms with Gasteiger partial charge in [0.1, 0.15) is 12.3 Å². The average molecular weight is 627 g/mol. The van der Waals surface area contributed by atoms with E-state index in [9.17, 15) is 39.4 Å². The molecule has 1 aliphatic heterocycles. The van der Waals surface area contributed by atoms with Crippen LogP contribution in [-0.4, -0.2) is 50.9 Å². The zero-order valence-electron chi connectivity index (χ0n) is 22.0. The first-order valence-corrected chi connectivity index (χ1v) is 13.4. The van der Waals surface area contributed by atoms with Gasteiger partial charge in [-0.1, -0.05) is 29.8 Å². The number of non-ortho nitro benzene ring substituents is 1. The van der Waals surface area contributed by atoms with Crippen LogP contribution < -0.4 is 10.1 Å². The third-order valence-electron chi connectivity index (χ3n) is 5.70. The van der Waals surface area contributed by atoms with Gasteiger partial charge in [0.05, 0.1) is 38.0 Å². The Morgan fingerprint density at radius 2 is 1.77 bits per heavy atom. The van der Waals surface area contributed by atoms with E-state index in [-0.39, 0.29) is 44.8 Å². The fraction of sp³-hybridized carbons (Fsp3) is 0.111. The number of hydrogen-bond donors (Lipinski definition) is 1. The molecule has 0 bridgehead atoms. The first kappa shape index (κ1) is 30.7. The number of anilines is 1. The molecule has 1 fully saturated rings. The van der Waals surface area contributed by atoms with E-state index in [1.807, 2.05) is 0 Å². The summed E-state index contributed by atoms with van der Waals surface area (Å²) in [7, 11) is 0. The van der Waals surface area contributed by atoms with E-state index in [0.717, 1.165) is 23.1 Å². The fourth-order valence-electron chi connectivity index (χ4n) is 3.75. The summed E-state index contributed by atoms with van der Waals surface area (Å²) < 4.78 is 10.6. The molecule has 0 aliphatic carbocycles. The number of ether oxygens (including phenoxy) is 2. The Morgan fingerprint density at radius 1 is 1.02 bits per heavy atom. The molecule has 0 atom stereocenters. The second-order valence-corrected chi connectivity index (χ2v) is 9.94. The number of carbonyl (C=O) groups is 4. The van der Waals surface area contributed by atoms with Crippen molar-refractivity contribution in [2.24, 2.45) is 0 Å². The summed E-state index contributed by atoms with van der Waals surface area (Å²) in [6, 6.07) is 13.1. The smallest absolute Gasteiger partial charge is 0.339 e. The third-order valence-corrected chi connectivity index (χ3v) is 6.93. The molecular formula is C27H19ClN4O10S. The number of esters is 1. The molecule has 4 rings (SSSR count). The molecule has 0 radical (unpaired) electrons. The summed E-state index contributed by atoms with van der Waals surface area (Å²) in [6.07, 6.45) is 1.32. The van der Waals surface area contributed by atoms with Gasteiger partial charge in [-0.25, -0.2) is 4.79 Å². The molecule has 220 valence electrons. The lowest BCUT2D eigenvalue weighted by molar-refractivity contribution is -0.394. The predicted octanol–water partition coefficient (Wildman–Crippen LogP) is 5.80. The van der Waals surface area contributed by atoms with Crippen molar-refractivity contribution in [2.75, 3.05) is 18.5 Å². The van der Waals surface area contributed by atoms with Crippen molar-refractivity contribution in [3.8, 4) is 11.5 Å². The van der Waals surface area contributed by atoms with E-state index in [0.29, 0.717) is 11.8 Å². The maximum atomic E-state index is 13.0. The van der Waals surface area contributed by atoms with E-state index < -0.39 is 50.8 Å². The lowest BCUT2D eigenvalue weighted by Gasteiger charge is -2.13. The number of halogens is 1. The highest BCUT2D eigenvalue weighted by molar-refractivity contribution is 8.18. The number of nitrogens with zero attached hydrogens (tertiary/aromatic N) is 3. The Labute approximate surface area is 251 Å². The number of benzene rings is 3. The normalized spacial score (nSPS) is 13.6. The summed E-state index contributed by atoms with van der Waals surface area (Å²) >= 11 is 6.60. The summed E-state index contributed by atoms with van der Waals surface area (Å²) in [6.45, 7) is 1.11. The van der Waals surface area contributed by atoms with Crippen molar-refractivity contribution in [3.05, 3.63) is 102 Å². The number of rotatable bonds is 10. The maximum Gasteiger partial charge on any atom is 0.339 e. The minimum Gasteiger partial charge on any atom is -0.462 e. The van der Waals surface area contributed by atoms with Crippen LogP contribution >= 0.6 is 23.4 Å². The van der Waals surface area contributed by atoms with Crippen LogP contribution in [0.25, 0.3) is 6.08 Å². The quantitative estimate of drug-likeness (QED) is 0.124. The largest absolute Gasteiger partial charge is 0.462 e. The number of carbonyl (C=O) groups excluding carboxylic acids is 4. The molecule has 0 aromatic heterocycles. The predicted molar refractivity (Wildman–Crippen MR) is 155 cm³/mol. The van der Waals surface area contributed by atoms with Crippen LogP contribution in [0.5, 0.6) is 11.5 Å². The number of nitro groups is 2. The Balaban J connectivity index is 1.51. The van der Waals surface area contributed by atoms with E-state index in [2.05, 4.69) is 5.32 Å². The van der Waals surface area contributed by atoms with Crippen LogP contribution in [0.4, 0.5) is 21.9 Å². The van der Waals surface area contributed by atoms with E-state index in [1.165, 1.54) is 36.4 Å². The van der Waals surface area contributed by atoms with Gasteiger partial charge in [-0.3, -0.25) is 39.5 Å². The second kappa shape index (κ2) is 13.1. The van der Waals surface area contributed by atoms with Crippen LogP contribution in [-0.2, 0) is 14.3 Å². The van der Waals surface area contributed by atoms with Crippen LogP contribution in [0.2, 0.25) is 5.02 Å².